The van der Waals surface area contributed by atoms with Gasteiger partial charge in [-0.25, -0.2) is 0 Å². The first-order chi connectivity index (χ1) is 9.75. The summed E-state index contributed by atoms with van der Waals surface area (Å²) >= 11 is 0. The van der Waals surface area contributed by atoms with Gasteiger partial charge in [0.1, 0.15) is 0 Å². The van der Waals surface area contributed by atoms with Gasteiger partial charge in [0.25, 0.3) is 0 Å². The summed E-state index contributed by atoms with van der Waals surface area (Å²) in [6, 6.07) is 4.26. The van der Waals surface area contributed by atoms with Crippen LogP contribution in [0.4, 0.5) is 13.2 Å². The zero-order valence-corrected chi connectivity index (χ0v) is 13.0. The second kappa shape index (κ2) is 6.06. The number of aliphatic hydroxyl groups is 1. The van der Waals surface area contributed by atoms with Crippen LogP contribution in [0.2, 0.25) is 0 Å². The van der Waals surface area contributed by atoms with Crippen molar-refractivity contribution in [2.24, 2.45) is 0 Å². The van der Waals surface area contributed by atoms with Gasteiger partial charge in [0.15, 0.2) is 0 Å². The molecule has 0 atom stereocenters. The van der Waals surface area contributed by atoms with Gasteiger partial charge in [-0.1, -0.05) is 18.7 Å². The molecule has 0 aromatic heterocycles. The summed E-state index contributed by atoms with van der Waals surface area (Å²) in [5.41, 5.74) is -2.65. The summed E-state index contributed by atoms with van der Waals surface area (Å²) in [6.07, 6.45) is -4.42. The molecule has 22 heavy (non-hydrogen) atoms. The molecule has 3 nitrogen and oxygen atoms in total. The minimum absolute atomic E-state index is 0.117. The molecule has 0 aliphatic rings. The smallest absolute Gasteiger partial charge is 0.423 e. The van der Waals surface area contributed by atoms with Crippen LogP contribution in [-0.4, -0.2) is 28.5 Å². The minimum Gasteiger partial charge on any atom is -0.423 e. The maximum absolute atomic E-state index is 12.5. The summed E-state index contributed by atoms with van der Waals surface area (Å²) in [5.74, 6) is 0. The Balaban J connectivity index is 2.88. The molecule has 0 spiro atoms. The van der Waals surface area contributed by atoms with E-state index in [4.69, 9.17) is 4.65 Å². The zero-order valence-electron chi connectivity index (χ0n) is 13.0. The molecule has 0 saturated heterocycles. The molecule has 122 valence electrons. The molecule has 0 unspecified atom stereocenters. The molecule has 0 aliphatic heterocycles. The first-order valence-electron chi connectivity index (χ1n) is 6.70. The van der Waals surface area contributed by atoms with Crippen molar-refractivity contribution in [3.63, 3.8) is 0 Å². The van der Waals surface area contributed by atoms with Crippen LogP contribution in [-0.2, 0) is 10.8 Å². The number of halogens is 3. The van der Waals surface area contributed by atoms with Gasteiger partial charge in [-0.2, -0.15) is 13.2 Å². The third-order valence-electron chi connectivity index (χ3n) is 3.76. The summed E-state index contributed by atoms with van der Waals surface area (Å²) in [7, 11) is -1.45. The fourth-order valence-electron chi connectivity index (χ4n) is 1.51. The molecule has 2 N–H and O–H groups in total. The van der Waals surface area contributed by atoms with E-state index in [1.165, 1.54) is 26.0 Å². The van der Waals surface area contributed by atoms with E-state index in [-0.39, 0.29) is 5.47 Å². The van der Waals surface area contributed by atoms with Gasteiger partial charge in [0.05, 0.1) is 16.8 Å². The molecule has 1 rings (SSSR count). The predicted octanol–water partition coefficient (Wildman–Crippen LogP) is 3.30. The van der Waals surface area contributed by atoms with Crippen molar-refractivity contribution in [3.05, 3.63) is 42.0 Å². The summed E-state index contributed by atoms with van der Waals surface area (Å²) in [4.78, 5) is 0. The highest BCUT2D eigenvalue weighted by molar-refractivity contribution is 6.66. The molecule has 0 radical (unpaired) electrons. The van der Waals surface area contributed by atoms with Crippen LogP contribution in [0, 0.1) is 0 Å². The molecule has 0 saturated carbocycles. The van der Waals surface area contributed by atoms with E-state index < -0.39 is 30.1 Å². The molecule has 0 aliphatic carbocycles. The van der Waals surface area contributed by atoms with Crippen LogP contribution < -0.4 is 0 Å². The molecule has 1 aromatic rings. The van der Waals surface area contributed by atoms with Crippen molar-refractivity contribution in [3.8, 4) is 0 Å². The standard InChI is InChI=1S/C15H20BF3O3/c1-10(16(21)22-14(4,5)13(2,3)20)11-6-8-12(9-7-11)15(17,18)19/h6-9,20-21H,1H2,2-5H3. The lowest BCUT2D eigenvalue weighted by Gasteiger charge is -2.38. The van der Waals surface area contributed by atoms with E-state index in [0.717, 1.165) is 12.1 Å². The number of alkyl halides is 3. The van der Waals surface area contributed by atoms with Crippen molar-refractivity contribution < 1.29 is 28.0 Å². The average Bonchev–Trinajstić information content (AvgIpc) is 2.35. The van der Waals surface area contributed by atoms with E-state index in [0.29, 0.717) is 5.56 Å². The molecule has 1 aromatic carbocycles. The fourth-order valence-corrected chi connectivity index (χ4v) is 1.51. The summed E-state index contributed by atoms with van der Waals surface area (Å²) < 4.78 is 42.9. The molecule has 0 amide bonds. The van der Waals surface area contributed by atoms with Crippen LogP contribution in [0.5, 0.6) is 0 Å². The third-order valence-corrected chi connectivity index (χ3v) is 3.76. The second-order valence-electron chi connectivity index (χ2n) is 6.14. The Hall–Kier alpha value is -1.31. The van der Waals surface area contributed by atoms with E-state index in [9.17, 15) is 23.3 Å². The number of hydrogen-bond donors (Lipinski definition) is 2. The topological polar surface area (TPSA) is 49.7 Å². The first kappa shape index (κ1) is 18.7. The lowest BCUT2D eigenvalue weighted by Crippen LogP contribution is -2.50. The maximum Gasteiger partial charge on any atom is 0.491 e. The highest BCUT2D eigenvalue weighted by atomic mass is 19.4. The third kappa shape index (κ3) is 4.35. The van der Waals surface area contributed by atoms with Crippen LogP contribution in [0.3, 0.4) is 0 Å². The lowest BCUT2D eigenvalue weighted by molar-refractivity contribution is -0.137. The Morgan fingerprint density at radius 1 is 1.09 bits per heavy atom. The molecule has 7 heteroatoms. The van der Waals surface area contributed by atoms with E-state index >= 15 is 0 Å². The summed E-state index contributed by atoms with van der Waals surface area (Å²) in [5, 5.41) is 20.0. The SMILES string of the molecule is C=C(B(O)OC(C)(C)C(C)(C)O)c1ccc(C(F)(F)F)cc1. The van der Waals surface area contributed by atoms with E-state index in [2.05, 4.69) is 6.58 Å². The largest absolute Gasteiger partial charge is 0.491 e. The molecule has 0 bridgehead atoms. The molecular formula is C15H20BF3O3. The van der Waals surface area contributed by atoms with Crippen molar-refractivity contribution in [1.29, 1.82) is 0 Å². The number of benzene rings is 1. The van der Waals surface area contributed by atoms with Crippen LogP contribution >= 0.6 is 0 Å². The Labute approximate surface area is 128 Å². The highest BCUT2D eigenvalue weighted by Crippen LogP contribution is 2.31. The Morgan fingerprint density at radius 2 is 1.55 bits per heavy atom. The van der Waals surface area contributed by atoms with Crippen LogP contribution in [0.1, 0.15) is 38.8 Å². The maximum atomic E-state index is 12.5. The van der Waals surface area contributed by atoms with Crippen molar-refractivity contribution >= 4 is 12.6 Å². The van der Waals surface area contributed by atoms with Crippen molar-refractivity contribution in [1.82, 2.24) is 0 Å². The minimum atomic E-state index is -4.42. The fraction of sp³-hybridized carbons (Fsp3) is 0.467. The molecular weight excluding hydrogens is 296 g/mol. The van der Waals surface area contributed by atoms with E-state index in [1.807, 2.05) is 0 Å². The highest BCUT2D eigenvalue weighted by Gasteiger charge is 2.40. The first-order valence-corrected chi connectivity index (χ1v) is 6.70. The molecule has 0 fully saturated rings. The average molecular weight is 316 g/mol. The van der Waals surface area contributed by atoms with Gasteiger partial charge in [-0.3, -0.25) is 0 Å². The Bertz CT molecular complexity index is 530. The monoisotopic (exact) mass is 316 g/mol. The van der Waals surface area contributed by atoms with Crippen LogP contribution in [0.15, 0.2) is 30.8 Å². The van der Waals surface area contributed by atoms with Gasteiger partial charge >= 0.3 is 13.3 Å². The normalized spacial score (nSPS) is 13.1. The second-order valence-corrected chi connectivity index (χ2v) is 6.14. The zero-order chi connectivity index (χ0) is 17.3. The van der Waals surface area contributed by atoms with Crippen molar-refractivity contribution in [2.45, 2.75) is 45.1 Å². The Morgan fingerprint density at radius 3 is 1.91 bits per heavy atom. The quantitative estimate of drug-likeness (QED) is 0.820. The van der Waals surface area contributed by atoms with Crippen molar-refractivity contribution in [2.75, 3.05) is 0 Å². The van der Waals surface area contributed by atoms with Gasteiger partial charge in [0.2, 0.25) is 0 Å². The van der Waals surface area contributed by atoms with Gasteiger partial charge in [-0.15, -0.1) is 0 Å². The van der Waals surface area contributed by atoms with E-state index in [1.54, 1.807) is 13.8 Å². The van der Waals surface area contributed by atoms with Crippen LogP contribution in [0.25, 0.3) is 5.47 Å². The summed E-state index contributed by atoms with van der Waals surface area (Å²) in [6.45, 7) is 9.89. The van der Waals surface area contributed by atoms with Gasteiger partial charge in [0, 0.05) is 0 Å². The predicted molar refractivity (Wildman–Crippen MR) is 79.9 cm³/mol. The number of hydrogen-bond acceptors (Lipinski definition) is 3. The molecule has 0 heterocycles. The van der Waals surface area contributed by atoms with Gasteiger partial charge < -0.3 is 14.8 Å². The Kier molecular flexibility index (Phi) is 5.17. The lowest BCUT2D eigenvalue weighted by atomic mass is 9.73. The van der Waals surface area contributed by atoms with Gasteiger partial charge in [-0.05, 0) is 50.9 Å². The number of rotatable bonds is 5.